The van der Waals surface area contributed by atoms with Crippen molar-refractivity contribution < 1.29 is 28.2 Å². The molecule has 0 aromatic carbocycles. The molecular formula is C31H39F2N3O4. The molecule has 2 N–H and O–H groups in total. The highest BCUT2D eigenvalue weighted by atomic mass is 19.1. The van der Waals surface area contributed by atoms with Crippen molar-refractivity contribution in [2.75, 3.05) is 20.3 Å². The molecule has 2 aromatic heterocycles. The molecule has 0 aliphatic heterocycles. The lowest BCUT2D eigenvalue weighted by Crippen LogP contribution is -2.40. The van der Waals surface area contributed by atoms with Crippen LogP contribution in [0, 0.1) is 41.9 Å². The summed E-state index contributed by atoms with van der Waals surface area (Å²) >= 11 is 0. The van der Waals surface area contributed by atoms with Gasteiger partial charge in [0.05, 0.1) is 11.6 Å². The highest BCUT2D eigenvalue weighted by Gasteiger charge is 2.75. The molecule has 9 heteroatoms. The predicted molar refractivity (Wildman–Crippen MR) is 146 cm³/mol. The molecule has 40 heavy (non-hydrogen) atoms. The van der Waals surface area contributed by atoms with E-state index in [1.165, 1.54) is 25.2 Å². The van der Waals surface area contributed by atoms with E-state index in [1.807, 2.05) is 13.1 Å². The minimum Gasteiger partial charge on any atom is -0.489 e. The van der Waals surface area contributed by atoms with Gasteiger partial charge in [0.1, 0.15) is 23.8 Å². The van der Waals surface area contributed by atoms with E-state index in [0.29, 0.717) is 35.2 Å². The third kappa shape index (κ3) is 4.19. The van der Waals surface area contributed by atoms with Crippen molar-refractivity contribution in [3.63, 3.8) is 0 Å². The maximum atomic E-state index is 14.9. The average molecular weight is 556 g/mol. The van der Waals surface area contributed by atoms with Crippen molar-refractivity contribution in [3.8, 4) is 5.75 Å². The molecule has 6 rings (SSSR count). The maximum Gasteiger partial charge on any atom is 0.270 e. The topological polar surface area (TPSA) is 85.1 Å². The van der Waals surface area contributed by atoms with Gasteiger partial charge in [-0.2, -0.15) is 0 Å². The second-order valence-electron chi connectivity index (χ2n) is 13.4. The number of ether oxygens (including phenoxy) is 2. The van der Waals surface area contributed by atoms with Gasteiger partial charge >= 0.3 is 0 Å². The number of carbonyl (C=O) groups excluding carboxylic acids is 1. The van der Waals surface area contributed by atoms with Gasteiger partial charge in [-0.15, -0.1) is 0 Å². The smallest absolute Gasteiger partial charge is 0.270 e. The fraction of sp³-hybridized carbons (Fsp3) is 0.613. The highest BCUT2D eigenvalue weighted by Crippen LogP contribution is 2.81. The molecule has 4 aliphatic carbocycles. The number of nitrogens with zero attached hydrogens (tertiary/aromatic N) is 2. The van der Waals surface area contributed by atoms with Crippen LogP contribution in [0.1, 0.15) is 67.7 Å². The van der Waals surface area contributed by atoms with E-state index in [9.17, 15) is 18.7 Å². The van der Waals surface area contributed by atoms with E-state index >= 15 is 0 Å². The molecule has 4 aliphatic rings. The summed E-state index contributed by atoms with van der Waals surface area (Å²) in [5, 5.41) is 13.7. The molecule has 2 aromatic rings. The number of halogens is 2. The largest absolute Gasteiger partial charge is 0.489 e. The Morgan fingerprint density at radius 1 is 1.27 bits per heavy atom. The van der Waals surface area contributed by atoms with Crippen LogP contribution in [-0.2, 0) is 4.74 Å². The zero-order valence-corrected chi connectivity index (χ0v) is 23.9. The van der Waals surface area contributed by atoms with E-state index in [-0.39, 0.29) is 28.8 Å². The lowest BCUT2D eigenvalue weighted by molar-refractivity contribution is -0.173. The summed E-state index contributed by atoms with van der Waals surface area (Å²) in [4.78, 5) is 18.2. The summed E-state index contributed by atoms with van der Waals surface area (Å²) < 4.78 is 42.4. The van der Waals surface area contributed by atoms with Crippen LogP contribution in [0.3, 0.4) is 0 Å². The Balaban J connectivity index is 1.20. The van der Waals surface area contributed by atoms with Crippen molar-refractivity contribution in [2.24, 2.45) is 28.1 Å². The fourth-order valence-corrected chi connectivity index (χ4v) is 8.44. The Morgan fingerprint density at radius 3 is 2.77 bits per heavy atom. The lowest BCUT2D eigenvalue weighted by atomic mass is 9.66. The van der Waals surface area contributed by atoms with Gasteiger partial charge in [-0.05, 0) is 93.4 Å². The summed E-state index contributed by atoms with van der Waals surface area (Å²) in [6, 6.07) is 1.77. The van der Waals surface area contributed by atoms with E-state index in [2.05, 4.69) is 17.2 Å². The first-order valence-electron chi connectivity index (χ1n) is 14.2. The number of pyridine rings is 1. The summed E-state index contributed by atoms with van der Waals surface area (Å²) in [6.07, 6.45) is 10.1. The molecule has 3 fully saturated rings. The van der Waals surface area contributed by atoms with Gasteiger partial charge in [-0.1, -0.05) is 13.0 Å². The Bertz CT molecular complexity index is 1430. The molecule has 2 bridgehead atoms. The molecule has 3 saturated carbocycles. The number of aromatic nitrogens is 2. The fourth-order valence-electron chi connectivity index (χ4n) is 8.44. The second-order valence-corrected chi connectivity index (χ2v) is 13.4. The molecular weight excluding hydrogens is 516 g/mol. The lowest BCUT2D eigenvalue weighted by Gasteiger charge is -2.42. The van der Waals surface area contributed by atoms with E-state index in [4.69, 9.17) is 9.47 Å². The number of fused-ring (bicyclic) bond motifs is 2. The Hall–Kier alpha value is -2.78. The minimum atomic E-state index is -1.87. The van der Waals surface area contributed by atoms with Crippen LogP contribution in [0.4, 0.5) is 8.78 Å². The number of methoxy groups -OCH3 is 1. The molecule has 7 nitrogen and oxygen atoms in total. The van der Waals surface area contributed by atoms with Gasteiger partial charge in [0.15, 0.2) is 17.7 Å². The first-order chi connectivity index (χ1) is 18.8. The molecule has 7 unspecified atom stereocenters. The van der Waals surface area contributed by atoms with Gasteiger partial charge < -0.3 is 19.9 Å². The molecule has 0 radical (unpaired) electrons. The van der Waals surface area contributed by atoms with Crippen molar-refractivity contribution in [3.05, 3.63) is 53.3 Å². The van der Waals surface area contributed by atoms with Gasteiger partial charge in [0.2, 0.25) is 0 Å². The van der Waals surface area contributed by atoms with Gasteiger partial charge in [-0.25, -0.2) is 13.8 Å². The number of amides is 1. The number of aliphatic hydroxyl groups excluding tert-OH is 1. The zero-order valence-electron chi connectivity index (χ0n) is 23.9. The highest BCUT2D eigenvalue weighted by molar-refractivity contribution is 5.95. The summed E-state index contributed by atoms with van der Waals surface area (Å²) in [5.41, 5.74) is 0.319. The molecule has 0 saturated heterocycles. The van der Waals surface area contributed by atoms with Crippen LogP contribution in [0.2, 0.25) is 0 Å². The van der Waals surface area contributed by atoms with Crippen LogP contribution in [-0.4, -0.2) is 52.6 Å². The van der Waals surface area contributed by atoms with Gasteiger partial charge in [0.25, 0.3) is 5.91 Å². The third-order valence-electron chi connectivity index (χ3n) is 10.2. The summed E-state index contributed by atoms with van der Waals surface area (Å²) in [5.74, 6) is -0.941. The number of imidazole rings is 1. The Labute approximate surface area is 233 Å². The predicted octanol–water partition coefficient (Wildman–Crippen LogP) is 5.38. The number of hydrogen-bond acceptors (Lipinski definition) is 5. The molecule has 1 amide bonds. The monoisotopic (exact) mass is 555 g/mol. The van der Waals surface area contributed by atoms with Gasteiger partial charge in [0, 0.05) is 25.3 Å². The van der Waals surface area contributed by atoms with Crippen molar-refractivity contribution in [2.45, 2.75) is 71.8 Å². The molecule has 1 spiro atoms. The summed E-state index contributed by atoms with van der Waals surface area (Å²) in [7, 11) is 1.56. The van der Waals surface area contributed by atoms with Crippen molar-refractivity contribution >= 4 is 11.6 Å². The van der Waals surface area contributed by atoms with Crippen LogP contribution in [0.5, 0.6) is 5.75 Å². The van der Waals surface area contributed by atoms with Crippen molar-refractivity contribution in [1.29, 1.82) is 0 Å². The minimum absolute atomic E-state index is 0.0577. The number of allylic oxidation sites excluding steroid dienone is 3. The third-order valence-corrected chi connectivity index (χ3v) is 10.2. The quantitative estimate of drug-likeness (QED) is 0.428. The average Bonchev–Trinajstić information content (AvgIpc) is 3.16. The molecule has 7 atom stereocenters. The first kappa shape index (κ1) is 27.4. The number of carbonyl (C=O) groups is 1. The molecule has 2 heterocycles. The van der Waals surface area contributed by atoms with Crippen LogP contribution in [0.15, 0.2) is 36.3 Å². The van der Waals surface area contributed by atoms with Gasteiger partial charge in [-0.3, -0.25) is 9.20 Å². The number of aliphatic hydroxyl groups is 1. The number of alkyl halides is 1. The van der Waals surface area contributed by atoms with E-state index < -0.39 is 23.7 Å². The molecule has 216 valence electrons. The van der Waals surface area contributed by atoms with E-state index in [0.717, 1.165) is 37.7 Å². The van der Waals surface area contributed by atoms with Crippen LogP contribution in [0.25, 0.3) is 5.65 Å². The number of rotatable bonds is 8. The Morgan fingerprint density at radius 2 is 2.05 bits per heavy atom. The SMILES string of the molecule is COC(O)C1(C)CC2CC3(CNC(=O)c4c(C)nc5c(OCC6C(F)=CC=CC6(C)F)cc(C)cn45)CC3(C2)C1. The number of aryl methyl sites for hydroxylation is 2. The zero-order chi connectivity index (χ0) is 28.7. The van der Waals surface area contributed by atoms with Crippen molar-refractivity contribution in [1.82, 2.24) is 14.7 Å². The van der Waals surface area contributed by atoms with Crippen LogP contribution < -0.4 is 10.1 Å². The standard InChI is InChI=1S/C31H39F2N3O4/c1-18-9-23(40-14-21-22(32)7-6-8-29(21,4)33)25-35-19(2)24(36(25)13-18)26(37)34-17-31-12-20-10-28(3,27(38)39-5)15-30(31,11-20)16-31/h6-9,13,20-21,27,38H,10-12,14-17H2,1-5H3,(H,34,37). The maximum absolute atomic E-state index is 14.9. The number of nitrogens with one attached hydrogen (secondary N) is 1. The second kappa shape index (κ2) is 9.11. The van der Waals surface area contributed by atoms with Crippen LogP contribution >= 0.6 is 0 Å². The van der Waals surface area contributed by atoms with E-state index in [1.54, 1.807) is 24.5 Å². The summed E-state index contributed by atoms with van der Waals surface area (Å²) in [6.45, 7) is 7.50. The first-order valence-corrected chi connectivity index (χ1v) is 14.2. The normalized spacial score (nSPS) is 36.8. The Kier molecular flexibility index (Phi) is 6.24. The number of hydrogen-bond donors (Lipinski definition) is 2.